The van der Waals surface area contributed by atoms with E-state index >= 15 is 0 Å². The van der Waals surface area contributed by atoms with Crippen LogP contribution in [-0.2, 0) is 32.2 Å². The summed E-state index contributed by atoms with van der Waals surface area (Å²) in [5.41, 5.74) is -1.40. The molecular weight excluding hydrogens is 498 g/mol. The lowest BCUT2D eigenvalue weighted by molar-refractivity contribution is -0.154. The van der Waals surface area contributed by atoms with Gasteiger partial charge >= 0.3 is 5.92 Å². The fraction of sp³-hybridized carbons (Fsp3) is 0.273. The number of hydrogen-bond acceptors (Lipinski definition) is 4. The number of rotatable bonds is 5. The smallest absolute Gasteiger partial charge is 0.348 e. The fourth-order valence-corrected chi connectivity index (χ4v) is 4.64. The van der Waals surface area contributed by atoms with Gasteiger partial charge in [0, 0.05) is 29.1 Å². The largest absolute Gasteiger partial charge is 0.387 e. The van der Waals surface area contributed by atoms with E-state index in [1.807, 2.05) is 0 Å². The summed E-state index contributed by atoms with van der Waals surface area (Å²) in [6.45, 7) is -0.645. The third kappa shape index (κ3) is 4.49. The second-order valence-electron chi connectivity index (χ2n) is 8.77. The molecule has 1 N–H and O–H groups in total. The van der Waals surface area contributed by atoms with Gasteiger partial charge in [-0.15, -0.1) is 0 Å². The molecule has 2 aromatic carbocycles. The molecule has 15 heteroatoms. The fourth-order valence-electron chi connectivity index (χ4n) is 4.51. The van der Waals surface area contributed by atoms with Crippen LogP contribution < -0.4 is 16.2 Å². The molecule has 4 rings (SSSR count). The molecule has 1 atom stereocenters. The minimum absolute atomic E-state index is 0.0165. The van der Waals surface area contributed by atoms with Gasteiger partial charge in [0.25, 0.3) is 11.8 Å². The van der Waals surface area contributed by atoms with E-state index in [1.165, 1.54) is 18.2 Å². The molecule has 37 heavy (non-hydrogen) atoms. The van der Waals surface area contributed by atoms with Crippen LogP contribution in [0.4, 0.5) is 8.78 Å². The van der Waals surface area contributed by atoms with Crippen LogP contribution in [0, 0.1) is 0 Å². The number of halogens is 3. The van der Waals surface area contributed by atoms with Crippen molar-refractivity contribution in [1.29, 1.82) is 0 Å². The second kappa shape index (κ2) is 9.38. The number of nitrogens with one attached hydrogen (secondary N) is 1. The maximum atomic E-state index is 14.8. The Morgan fingerprint density at radius 1 is 1.19 bits per heavy atom. The molecule has 2 heterocycles. The third-order valence-corrected chi connectivity index (χ3v) is 6.57. The van der Waals surface area contributed by atoms with Crippen molar-refractivity contribution in [2.24, 2.45) is 0 Å². The van der Waals surface area contributed by atoms with Crippen molar-refractivity contribution < 1.29 is 28.0 Å². The van der Waals surface area contributed by atoms with Crippen LogP contribution in [-0.4, -0.2) is 78.7 Å². The lowest BCUT2D eigenvalue weighted by atomic mass is 9.54. The number of piperidine rings is 1. The number of carbonyl (C=O) groups is 4. The van der Waals surface area contributed by atoms with Gasteiger partial charge in [-0.1, -0.05) is 40.7 Å². The first kappa shape index (κ1) is 27.0. The number of amides is 4. The molecule has 2 aliphatic rings. The summed E-state index contributed by atoms with van der Waals surface area (Å²) in [7, 11) is 30.6. The third-order valence-electron chi connectivity index (χ3n) is 6.31. The quantitative estimate of drug-likeness (QED) is 0.406. The molecule has 0 bridgehead atoms. The Morgan fingerprint density at radius 2 is 1.81 bits per heavy atom. The molecule has 1 fully saturated rings. The van der Waals surface area contributed by atoms with E-state index in [2.05, 4.69) is 5.32 Å². The normalized spacial score (nSPS) is 18.9. The predicted molar refractivity (Wildman–Crippen MR) is 134 cm³/mol. The summed E-state index contributed by atoms with van der Waals surface area (Å²) in [5.74, 6) is -7.85. The maximum absolute atomic E-state index is 14.8. The van der Waals surface area contributed by atoms with E-state index in [0.717, 1.165) is 17.0 Å². The van der Waals surface area contributed by atoms with Crippen molar-refractivity contribution in [3.63, 3.8) is 0 Å². The van der Waals surface area contributed by atoms with Gasteiger partial charge in [-0.2, -0.15) is 8.78 Å². The number of alkyl halides is 2. The minimum Gasteiger partial charge on any atom is -0.387 e. The van der Waals surface area contributed by atoms with Gasteiger partial charge < -0.3 is 9.71 Å². The van der Waals surface area contributed by atoms with Crippen LogP contribution in [0.3, 0.4) is 0 Å². The number of nitrogens with zero attached hydrogens (tertiary/aromatic N) is 2. The Morgan fingerprint density at radius 3 is 2.41 bits per heavy atom. The monoisotopic (exact) mass is 511 g/mol. The molecule has 176 valence electrons. The number of hydrogen-bond donors (Lipinski definition) is 1. The Bertz CT molecular complexity index is 1340. The predicted octanol–water partition coefficient (Wildman–Crippen LogP) is -1.16. The van der Waals surface area contributed by atoms with E-state index in [-0.39, 0.29) is 50.3 Å². The van der Waals surface area contributed by atoms with Crippen LogP contribution >= 0.6 is 11.6 Å². The van der Waals surface area contributed by atoms with Crippen molar-refractivity contribution in [1.82, 2.24) is 15.0 Å². The molecule has 10 radical (unpaired) electrons. The van der Waals surface area contributed by atoms with Gasteiger partial charge in [0.05, 0.1) is 15.7 Å². The highest BCUT2D eigenvalue weighted by Gasteiger charge is 2.50. The molecule has 1 unspecified atom stereocenters. The molecule has 0 aliphatic carbocycles. The molecular formula is C22H13B5ClF2N3O4. The zero-order chi connectivity index (χ0) is 27.4. The average molecular weight is 511 g/mol. The standard InChI is InChI=1S/C22H13B5ClF2N3O4/c23-12-7-9(8-32(27)20(37)21(29,30)10-1-3-11(28)4-2-10)17(24)16-15(12)19(36)33(22(16,25)26)13-5-6-14(34)31-18(13)35/h1-4,7,13H,5-6,8H2,(H,31,34,35). The Kier molecular flexibility index (Phi) is 6.86. The summed E-state index contributed by atoms with van der Waals surface area (Å²) in [6.07, 6.45) is -0.104. The van der Waals surface area contributed by atoms with Crippen LogP contribution in [0.1, 0.15) is 39.9 Å². The van der Waals surface area contributed by atoms with E-state index in [0.29, 0.717) is 0 Å². The Hall–Kier alpha value is -3.01. The van der Waals surface area contributed by atoms with E-state index in [1.54, 1.807) is 0 Å². The van der Waals surface area contributed by atoms with Crippen LogP contribution in [0.5, 0.6) is 0 Å². The summed E-state index contributed by atoms with van der Waals surface area (Å²) in [6, 6.07) is 4.37. The topological polar surface area (TPSA) is 86.8 Å². The van der Waals surface area contributed by atoms with Crippen LogP contribution in [0.2, 0.25) is 5.02 Å². The summed E-state index contributed by atoms with van der Waals surface area (Å²) < 4.78 is 29.6. The van der Waals surface area contributed by atoms with Gasteiger partial charge in [-0.3, -0.25) is 24.5 Å². The lowest BCUT2D eigenvalue weighted by Gasteiger charge is -2.41. The molecule has 2 aromatic rings. The molecule has 0 spiro atoms. The zero-order valence-corrected chi connectivity index (χ0v) is 19.9. The van der Waals surface area contributed by atoms with Gasteiger partial charge in [0.2, 0.25) is 19.8 Å². The van der Waals surface area contributed by atoms with Crippen molar-refractivity contribution in [2.45, 2.75) is 36.7 Å². The van der Waals surface area contributed by atoms with Gasteiger partial charge in [-0.25, -0.2) is 0 Å². The first-order chi connectivity index (χ1) is 17.2. The average Bonchev–Trinajstić information content (AvgIpc) is 3.03. The highest BCUT2D eigenvalue weighted by Crippen LogP contribution is 2.37. The van der Waals surface area contributed by atoms with E-state index in [9.17, 15) is 28.0 Å². The van der Waals surface area contributed by atoms with Gasteiger partial charge in [0.15, 0.2) is 0 Å². The first-order valence-electron chi connectivity index (χ1n) is 10.8. The summed E-state index contributed by atoms with van der Waals surface area (Å²) >= 11 is 5.72. The summed E-state index contributed by atoms with van der Waals surface area (Å²) in [5, 5.41) is 0.164. The van der Waals surface area contributed by atoms with E-state index < -0.39 is 53.0 Å². The highest BCUT2D eigenvalue weighted by atomic mass is 35.5. The molecule has 2 aliphatic heterocycles. The molecule has 7 nitrogen and oxygen atoms in total. The Labute approximate surface area is 222 Å². The highest BCUT2D eigenvalue weighted by molar-refractivity contribution is 6.49. The zero-order valence-electron chi connectivity index (χ0n) is 19.1. The van der Waals surface area contributed by atoms with Gasteiger partial charge in [0.1, 0.15) is 21.7 Å². The first-order valence-corrected chi connectivity index (χ1v) is 11.2. The van der Waals surface area contributed by atoms with Crippen molar-refractivity contribution in [3.05, 3.63) is 57.6 Å². The Balaban J connectivity index is 1.66. The van der Waals surface area contributed by atoms with E-state index in [4.69, 9.17) is 51.0 Å². The molecule has 0 saturated carbocycles. The molecule has 4 amide bonds. The van der Waals surface area contributed by atoms with Crippen molar-refractivity contribution in [3.8, 4) is 0 Å². The molecule has 0 aromatic heterocycles. The van der Waals surface area contributed by atoms with Crippen LogP contribution in [0.15, 0.2) is 30.3 Å². The van der Waals surface area contributed by atoms with Crippen molar-refractivity contribution in [2.75, 3.05) is 0 Å². The second-order valence-corrected chi connectivity index (χ2v) is 9.21. The van der Waals surface area contributed by atoms with Crippen LogP contribution in [0.25, 0.3) is 0 Å². The number of fused-ring (bicyclic) bond motifs is 1. The number of imide groups is 1. The number of benzene rings is 2. The number of carbonyl (C=O) groups excluding carboxylic acids is 4. The van der Waals surface area contributed by atoms with Crippen molar-refractivity contribution >= 4 is 85.5 Å². The minimum atomic E-state index is -4.00. The molecule has 1 saturated heterocycles. The summed E-state index contributed by atoms with van der Waals surface area (Å²) in [4.78, 5) is 50.9. The maximum Gasteiger partial charge on any atom is 0.348 e. The SMILES string of the molecule is [B]c1cc(CN([B])C(=O)C(F)(F)c2ccc(Cl)cc2)c([B])c2c1C(=O)N(C1CCC(=O)NC1=O)C2([B])[B]. The van der Waals surface area contributed by atoms with Gasteiger partial charge in [-0.05, 0) is 35.0 Å². The lowest BCUT2D eigenvalue weighted by Crippen LogP contribution is -2.59.